The van der Waals surface area contributed by atoms with Crippen molar-refractivity contribution in [2.45, 2.75) is 54.9 Å². The van der Waals surface area contributed by atoms with Crippen LogP contribution in [0.25, 0.3) is 0 Å². The fourth-order valence-electron chi connectivity index (χ4n) is 1.15. The van der Waals surface area contributed by atoms with Gasteiger partial charge in [-0.1, -0.05) is 82.7 Å². The van der Waals surface area contributed by atoms with Gasteiger partial charge in [0.2, 0.25) is 0 Å². The van der Waals surface area contributed by atoms with Gasteiger partial charge in [0.1, 0.15) is 0 Å². The Morgan fingerprint density at radius 2 is 1.73 bits per heavy atom. The highest BCUT2D eigenvalue weighted by molar-refractivity contribution is 5.32. The van der Waals surface area contributed by atoms with Crippen molar-refractivity contribution >= 4 is 6.72 Å². The van der Waals surface area contributed by atoms with Crippen molar-refractivity contribution in [3.8, 4) is 0 Å². The SMILES string of the molecule is C=CC(/C=C/CN(C=C(C)C)N=C)=C\C=C/C.CC.CCC. The molecule has 0 radical (unpaired) electrons. The van der Waals surface area contributed by atoms with Crippen LogP contribution in [-0.2, 0) is 0 Å². The predicted molar refractivity (Wildman–Crippen MR) is 105 cm³/mol. The summed E-state index contributed by atoms with van der Waals surface area (Å²) in [6, 6.07) is 0. The molecule has 2 heteroatoms. The third-order valence-electron chi connectivity index (χ3n) is 1.91. The average molecular weight is 305 g/mol. The van der Waals surface area contributed by atoms with E-state index in [2.05, 4.69) is 32.2 Å². The molecular formula is C20H36N2. The fraction of sp³-hybridized carbons (Fsp3) is 0.450. The second-order valence-corrected chi connectivity index (χ2v) is 4.48. The van der Waals surface area contributed by atoms with Crippen molar-refractivity contribution in [3.05, 3.63) is 60.4 Å². The Kier molecular flexibility index (Phi) is 24.5. The maximum absolute atomic E-state index is 3.91. The van der Waals surface area contributed by atoms with E-state index in [9.17, 15) is 0 Å². The molecule has 0 atom stereocenters. The van der Waals surface area contributed by atoms with Crippen LogP contribution in [0.5, 0.6) is 0 Å². The molecule has 0 saturated heterocycles. The molecule has 0 amide bonds. The Morgan fingerprint density at radius 3 is 2.09 bits per heavy atom. The zero-order valence-corrected chi connectivity index (χ0v) is 15.8. The van der Waals surface area contributed by atoms with Crippen LogP contribution in [0, 0.1) is 0 Å². The van der Waals surface area contributed by atoms with E-state index in [-0.39, 0.29) is 0 Å². The summed E-state index contributed by atoms with van der Waals surface area (Å²) in [5.41, 5.74) is 2.27. The first-order valence-corrected chi connectivity index (χ1v) is 8.05. The van der Waals surface area contributed by atoms with Gasteiger partial charge in [-0.3, -0.25) is 5.01 Å². The van der Waals surface area contributed by atoms with Gasteiger partial charge in [0, 0.05) is 12.9 Å². The number of allylic oxidation sites excluding steroid dienone is 7. The number of nitrogens with zero attached hydrogens (tertiary/aromatic N) is 2. The van der Waals surface area contributed by atoms with E-state index < -0.39 is 0 Å². The number of hydrazone groups is 1. The first-order chi connectivity index (χ1) is 10.5. The van der Waals surface area contributed by atoms with Crippen LogP contribution in [0.1, 0.15) is 54.9 Å². The molecule has 0 aromatic heterocycles. The maximum Gasteiger partial charge on any atom is 0.0592 e. The van der Waals surface area contributed by atoms with E-state index in [0.29, 0.717) is 6.54 Å². The van der Waals surface area contributed by atoms with Gasteiger partial charge < -0.3 is 0 Å². The van der Waals surface area contributed by atoms with Gasteiger partial charge >= 0.3 is 0 Å². The van der Waals surface area contributed by atoms with E-state index in [4.69, 9.17) is 0 Å². The van der Waals surface area contributed by atoms with Gasteiger partial charge in [-0.05, 0) is 26.3 Å². The molecule has 0 fully saturated rings. The molecule has 22 heavy (non-hydrogen) atoms. The van der Waals surface area contributed by atoms with Gasteiger partial charge in [-0.2, -0.15) is 5.10 Å². The third-order valence-corrected chi connectivity index (χ3v) is 1.91. The van der Waals surface area contributed by atoms with Crippen LogP contribution in [0.15, 0.2) is 65.5 Å². The summed E-state index contributed by atoms with van der Waals surface area (Å²) in [7, 11) is 0. The first-order valence-electron chi connectivity index (χ1n) is 8.05. The molecule has 0 aliphatic carbocycles. The number of hydrogen-bond acceptors (Lipinski definition) is 2. The van der Waals surface area contributed by atoms with Crippen LogP contribution < -0.4 is 0 Å². The Labute approximate surface area is 139 Å². The summed E-state index contributed by atoms with van der Waals surface area (Å²) in [5, 5.41) is 5.70. The van der Waals surface area contributed by atoms with Gasteiger partial charge in [-0.15, -0.1) is 0 Å². The van der Waals surface area contributed by atoms with Crippen molar-refractivity contribution in [2.75, 3.05) is 6.54 Å². The molecule has 0 aromatic carbocycles. The molecular weight excluding hydrogens is 268 g/mol. The van der Waals surface area contributed by atoms with E-state index in [1.54, 1.807) is 5.01 Å². The molecule has 0 aliphatic heterocycles. The van der Waals surface area contributed by atoms with Crippen LogP contribution in [0.2, 0.25) is 0 Å². The molecule has 2 nitrogen and oxygen atoms in total. The normalized spacial score (nSPS) is 10.2. The first kappa shape index (κ1) is 25.1. The standard InChI is InChI=1S/C15H22N2.C3H8.C2H6/c1-6-8-10-15(7-2)11-9-12-17(16-5)13-14(3)4;1-3-2;1-2/h6-11,13H,2,5,12H2,1,3-4H3;3H2,1-2H3;1-2H3/b8-6-,11-9+,15-10+;;. The molecule has 0 saturated carbocycles. The highest BCUT2D eigenvalue weighted by Crippen LogP contribution is 2.01. The smallest absolute Gasteiger partial charge is 0.0592 e. The molecule has 0 aliphatic rings. The van der Waals surface area contributed by atoms with E-state index in [0.717, 1.165) is 5.57 Å². The Morgan fingerprint density at radius 1 is 1.18 bits per heavy atom. The van der Waals surface area contributed by atoms with Gasteiger partial charge in [0.15, 0.2) is 0 Å². The third kappa shape index (κ3) is 20.5. The van der Waals surface area contributed by atoms with Gasteiger partial charge in [0.25, 0.3) is 0 Å². The second kappa shape index (κ2) is 21.5. The second-order valence-electron chi connectivity index (χ2n) is 4.48. The fourth-order valence-corrected chi connectivity index (χ4v) is 1.15. The number of hydrogen-bond donors (Lipinski definition) is 0. The lowest BCUT2D eigenvalue weighted by molar-refractivity contribution is 0.444. The summed E-state index contributed by atoms with van der Waals surface area (Å²) in [6.45, 7) is 22.3. The quantitative estimate of drug-likeness (QED) is 0.297. The van der Waals surface area contributed by atoms with Crippen LogP contribution in [0.3, 0.4) is 0 Å². The molecule has 0 aromatic rings. The zero-order chi connectivity index (χ0) is 17.8. The lowest BCUT2D eigenvalue weighted by atomic mass is 10.2. The van der Waals surface area contributed by atoms with E-state index in [1.165, 1.54) is 12.0 Å². The summed E-state index contributed by atoms with van der Waals surface area (Å²) in [5.74, 6) is 0. The van der Waals surface area contributed by atoms with Crippen molar-refractivity contribution < 1.29 is 0 Å². The number of rotatable bonds is 7. The summed E-state index contributed by atoms with van der Waals surface area (Å²) >= 11 is 0. The minimum absolute atomic E-state index is 0.704. The lowest BCUT2D eigenvalue weighted by Crippen LogP contribution is -2.09. The molecule has 126 valence electrons. The van der Waals surface area contributed by atoms with Crippen molar-refractivity contribution in [1.82, 2.24) is 5.01 Å². The molecule has 0 rings (SSSR count). The zero-order valence-electron chi connectivity index (χ0n) is 15.8. The van der Waals surface area contributed by atoms with Gasteiger partial charge in [-0.25, -0.2) is 0 Å². The largest absolute Gasteiger partial charge is 0.270 e. The Hall–Kier alpha value is -1.83. The van der Waals surface area contributed by atoms with Crippen molar-refractivity contribution in [3.63, 3.8) is 0 Å². The maximum atomic E-state index is 3.91. The highest BCUT2D eigenvalue weighted by atomic mass is 15.4. The van der Waals surface area contributed by atoms with E-state index in [1.807, 2.05) is 77.3 Å². The van der Waals surface area contributed by atoms with E-state index >= 15 is 0 Å². The molecule has 0 N–H and O–H groups in total. The highest BCUT2D eigenvalue weighted by Gasteiger charge is 1.91. The minimum atomic E-state index is 0.704. The summed E-state index contributed by atoms with van der Waals surface area (Å²) in [4.78, 5) is 0. The van der Waals surface area contributed by atoms with Crippen LogP contribution in [0.4, 0.5) is 0 Å². The Bertz CT molecular complexity index is 367. The topological polar surface area (TPSA) is 15.6 Å². The van der Waals surface area contributed by atoms with Crippen molar-refractivity contribution in [1.29, 1.82) is 0 Å². The van der Waals surface area contributed by atoms with Crippen LogP contribution in [-0.4, -0.2) is 18.3 Å². The lowest BCUT2D eigenvalue weighted by Gasteiger charge is -2.11. The summed E-state index contributed by atoms with van der Waals surface area (Å²) in [6.07, 6.45) is 15.1. The molecule has 0 spiro atoms. The van der Waals surface area contributed by atoms with Crippen LogP contribution >= 0.6 is 0 Å². The predicted octanol–water partition coefficient (Wildman–Crippen LogP) is 6.51. The monoisotopic (exact) mass is 304 g/mol. The van der Waals surface area contributed by atoms with Crippen molar-refractivity contribution in [2.24, 2.45) is 5.10 Å². The molecule has 0 bridgehead atoms. The summed E-state index contributed by atoms with van der Waals surface area (Å²) < 4.78 is 0. The average Bonchev–Trinajstić information content (AvgIpc) is 2.51. The minimum Gasteiger partial charge on any atom is -0.270 e. The Balaban J connectivity index is -0.000000637. The molecule has 0 heterocycles. The molecule has 0 unspecified atom stereocenters. The van der Waals surface area contributed by atoms with Gasteiger partial charge in [0.05, 0.1) is 6.54 Å².